The first-order valence-corrected chi connectivity index (χ1v) is 7.74. The Morgan fingerprint density at radius 2 is 1.20 bits per heavy atom. The highest BCUT2D eigenvalue weighted by Crippen LogP contribution is 2.12. The highest BCUT2D eigenvalue weighted by atomic mass is 16.5. The third-order valence-electron chi connectivity index (χ3n) is 2.65. The van der Waals surface area contributed by atoms with Crippen LogP contribution in [0.4, 0.5) is 0 Å². The first-order valence-electron chi connectivity index (χ1n) is 7.74. The molecule has 0 unspecified atom stereocenters. The molecule has 0 heterocycles. The van der Waals surface area contributed by atoms with E-state index in [0.717, 1.165) is 24.1 Å². The highest BCUT2D eigenvalue weighted by molar-refractivity contribution is 4.58. The van der Waals surface area contributed by atoms with E-state index in [1.807, 2.05) is 0 Å². The van der Waals surface area contributed by atoms with Gasteiger partial charge in [-0.1, -0.05) is 20.8 Å². The molecule has 0 aromatic heterocycles. The van der Waals surface area contributed by atoms with Gasteiger partial charge in [0.2, 0.25) is 0 Å². The van der Waals surface area contributed by atoms with Gasteiger partial charge in [-0.25, -0.2) is 0 Å². The molecule has 0 rings (SSSR count). The fourth-order valence-electron chi connectivity index (χ4n) is 1.61. The molecule has 0 aliphatic heterocycles. The topological polar surface area (TPSA) is 27.7 Å². The number of nitrogens with zero attached hydrogens (tertiary/aromatic N) is 1. The quantitative estimate of drug-likeness (QED) is 0.408. The lowest BCUT2D eigenvalue weighted by molar-refractivity contribution is -0.870. The summed E-state index contributed by atoms with van der Waals surface area (Å²) < 4.78 is 17.5. The normalized spacial score (nSPS) is 12.9. The molecule has 0 saturated carbocycles. The van der Waals surface area contributed by atoms with Crippen LogP contribution in [0.15, 0.2) is 0 Å². The van der Waals surface area contributed by atoms with Gasteiger partial charge in [-0.15, -0.1) is 0 Å². The molecule has 0 aliphatic rings. The minimum atomic E-state index is 0.231. The van der Waals surface area contributed by atoms with Crippen molar-refractivity contribution in [2.45, 2.75) is 33.6 Å². The van der Waals surface area contributed by atoms with E-state index >= 15 is 0 Å². The Morgan fingerprint density at radius 3 is 1.70 bits per heavy atom. The summed E-state index contributed by atoms with van der Waals surface area (Å²) in [5.41, 5.74) is 0.231. The smallest absolute Gasteiger partial charge is 0.0781 e. The van der Waals surface area contributed by atoms with E-state index < -0.39 is 0 Å². The van der Waals surface area contributed by atoms with E-state index in [1.165, 1.54) is 13.0 Å². The van der Waals surface area contributed by atoms with Gasteiger partial charge < -0.3 is 18.7 Å². The van der Waals surface area contributed by atoms with Crippen molar-refractivity contribution in [3.8, 4) is 0 Å². The Balaban J connectivity index is 3.10. The standard InChI is InChI=1S/C16H36NO3/c1-16(2,3)15-20-14-13-19-12-11-18-10-8-7-9-17(4,5)6/h7-15H2,1-6H3/q+1. The van der Waals surface area contributed by atoms with E-state index in [0.29, 0.717) is 26.4 Å². The Hall–Kier alpha value is -0.160. The predicted octanol–water partition coefficient (Wildman–Crippen LogP) is 2.57. The fraction of sp³-hybridized carbons (Fsp3) is 1.00. The van der Waals surface area contributed by atoms with Crippen molar-refractivity contribution in [1.29, 1.82) is 0 Å². The maximum absolute atomic E-state index is 5.54. The predicted molar refractivity (Wildman–Crippen MR) is 84.0 cm³/mol. The Morgan fingerprint density at radius 1 is 0.700 bits per heavy atom. The SMILES string of the molecule is CC(C)(C)COCCOCCOCCCC[N+](C)(C)C. The van der Waals surface area contributed by atoms with E-state index in [9.17, 15) is 0 Å². The van der Waals surface area contributed by atoms with Crippen LogP contribution in [0.2, 0.25) is 0 Å². The summed E-state index contributed by atoms with van der Waals surface area (Å²) in [5.74, 6) is 0. The number of hydrogen-bond acceptors (Lipinski definition) is 3. The zero-order valence-corrected chi connectivity index (χ0v) is 14.5. The lowest BCUT2D eigenvalue weighted by Gasteiger charge is -2.23. The van der Waals surface area contributed by atoms with E-state index in [2.05, 4.69) is 41.9 Å². The molecular formula is C16H36NO3+. The van der Waals surface area contributed by atoms with Gasteiger partial charge in [0, 0.05) is 6.61 Å². The van der Waals surface area contributed by atoms with E-state index in [4.69, 9.17) is 14.2 Å². The number of ether oxygens (including phenoxy) is 3. The second kappa shape index (κ2) is 10.6. The van der Waals surface area contributed by atoms with Gasteiger partial charge in [-0.05, 0) is 18.3 Å². The van der Waals surface area contributed by atoms with Crippen LogP contribution in [0.5, 0.6) is 0 Å². The molecule has 0 atom stereocenters. The van der Waals surface area contributed by atoms with E-state index in [1.54, 1.807) is 0 Å². The molecule has 20 heavy (non-hydrogen) atoms. The minimum absolute atomic E-state index is 0.231. The maximum Gasteiger partial charge on any atom is 0.0781 e. The molecule has 0 aromatic rings. The summed E-state index contributed by atoms with van der Waals surface area (Å²) in [4.78, 5) is 0. The van der Waals surface area contributed by atoms with Gasteiger partial charge in [-0.3, -0.25) is 0 Å². The van der Waals surface area contributed by atoms with Gasteiger partial charge in [0.25, 0.3) is 0 Å². The molecule has 4 nitrogen and oxygen atoms in total. The van der Waals surface area contributed by atoms with Gasteiger partial charge in [0.1, 0.15) is 0 Å². The number of quaternary nitrogens is 1. The molecular weight excluding hydrogens is 254 g/mol. The first kappa shape index (κ1) is 19.8. The first-order chi connectivity index (χ1) is 9.21. The van der Waals surface area contributed by atoms with Crippen molar-refractivity contribution in [2.24, 2.45) is 5.41 Å². The third kappa shape index (κ3) is 17.8. The zero-order chi connectivity index (χ0) is 15.5. The largest absolute Gasteiger partial charge is 0.379 e. The molecule has 4 heteroatoms. The maximum atomic E-state index is 5.54. The van der Waals surface area contributed by atoms with Crippen LogP contribution in [0.3, 0.4) is 0 Å². The Bertz CT molecular complexity index is 195. The van der Waals surface area contributed by atoms with Crippen molar-refractivity contribution in [2.75, 3.05) is 67.3 Å². The van der Waals surface area contributed by atoms with Gasteiger partial charge in [0.05, 0.1) is 60.7 Å². The van der Waals surface area contributed by atoms with Gasteiger partial charge in [0.15, 0.2) is 0 Å². The number of hydrogen-bond donors (Lipinski definition) is 0. The van der Waals surface area contributed by atoms with Crippen LogP contribution in [0, 0.1) is 5.41 Å². The molecule has 0 aliphatic carbocycles. The minimum Gasteiger partial charge on any atom is -0.379 e. The third-order valence-corrected chi connectivity index (χ3v) is 2.65. The molecule has 0 aromatic carbocycles. The lowest BCUT2D eigenvalue weighted by Crippen LogP contribution is -2.35. The second-order valence-corrected chi connectivity index (χ2v) is 7.56. The van der Waals surface area contributed by atoms with Gasteiger partial charge in [-0.2, -0.15) is 0 Å². The molecule has 122 valence electrons. The van der Waals surface area contributed by atoms with Crippen LogP contribution in [0.1, 0.15) is 33.6 Å². The summed E-state index contributed by atoms with van der Waals surface area (Å²) in [5, 5.41) is 0. The Labute approximate surface area is 126 Å². The molecule has 0 radical (unpaired) electrons. The van der Waals surface area contributed by atoms with Crippen molar-refractivity contribution >= 4 is 0 Å². The van der Waals surface area contributed by atoms with Crippen LogP contribution >= 0.6 is 0 Å². The van der Waals surface area contributed by atoms with E-state index in [-0.39, 0.29) is 5.41 Å². The van der Waals surface area contributed by atoms with Crippen LogP contribution < -0.4 is 0 Å². The van der Waals surface area contributed by atoms with Crippen LogP contribution in [0.25, 0.3) is 0 Å². The molecule has 0 spiro atoms. The molecule has 0 N–H and O–H groups in total. The van der Waals surface area contributed by atoms with Crippen molar-refractivity contribution < 1.29 is 18.7 Å². The average Bonchev–Trinajstić information content (AvgIpc) is 2.27. The second-order valence-electron chi connectivity index (χ2n) is 7.56. The summed E-state index contributed by atoms with van der Waals surface area (Å²) in [6, 6.07) is 0. The van der Waals surface area contributed by atoms with Crippen molar-refractivity contribution in [1.82, 2.24) is 0 Å². The fourth-order valence-corrected chi connectivity index (χ4v) is 1.61. The zero-order valence-electron chi connectivity index (χ0n) is 14.5. The van der Waals surface area contributed by atoms with Crippen LogP contribution in [-0.2, 0) is 14.2 Å². The molecule has 0 amide bonds. The summed E-state index contributed by atoms with van der Waals surface area (Å²) in [6.07, 6.45) is 2.34. The summed E-state index contributed by atoms with van der Waals surface area (Å²) >= 11 is 0. The number of unbranched alkanes of at least 4 members (excludes halogenated alkanes) is 1. The highest BCUT2D eigenvalue weighted by Gasteiger charge is 2.09. The molecule has 0 bridgehead atoms. The van der Waals surface area contributed by atoms with Crippen molar-refractivity contribution in [3.05, 3.63) is 0 Å². The Kier molecular flexibility index (Phi) is 10.5. The number of rotatable bonds is 12. The molecule has 0 fully saturated rings. The molecule has 0 saturated heterocycles. The summed E-state index contributed by atoms with van der Waals surface area (Å²) in [6.45, 7) is 12.0. The average molecular weight is 290 g/mol. The van der Waals surface area contributed by atoms with Gasteiger partial charge >= 0.3 is 0 Å². The van der Waals surface area contributed by atoms with Crippen molar-refractivity contribution in [3.63, 3.8) is 0 Å². The lowest BCUT2D eigenvalue weighted by atomic mass is 9.99. The van der Waals surface area contributed by atoms with Crippen LogP contribution in [-0.4, -0.2) is 71.8 Å². The monoisotopic (exact) mass is 290 g/mol. The summed E-state index contributed by atoms with van der Waals surface area (Å²) in [7, 11) is 6.66.